The summed E-state index contributed by atoms with van der Waals surface area (Å²) in [5.74, 6) is 1.48. The van der Waals surface area contributed by atoms with Crippen LogP contribution in [0.1, 0.15) is 10.4 Å². The maximum absolute atomic E-state index is 10.8. The van der Waals surface area contributed by atoms with E-state index in [1.165, 1.54) is 0 Å². The Hall–Kier alpha value is -2.69. The second-order valence-corrected chi connectivity index (χ2v) is 4.06. The predicted octanol–water partition coefficient (Wildman–Crippen LogP) is 2.22. The molecule has 0 unspecified atom stereocenters. The molecule has 0 atom stereocenters. The van der Waals surface area contributed by atoms with Crippen molar-refractivity contribution in [3.8, 4) is 17.1 Å². The van der Waals surface area contributed by atoms with Gasteiger partial charge in [0.15, 0.2) is 17.8 Å². The predicted molar refractivity (Wildman–Crippen MR) is 70.4 cm³/mol. The Labute approximate surface area is 109 Å². The summed E-state index contributed by atoms with van der Waals surface area (Å²) in [4.78, 5) is 10.8. The molecule has 3 aromatic rings. The van der Waals surface area contributed by atoms with Crippen molar-refractivity contribution in [2.75, 3.05) is 7.11 Å². The van der Waals surface area contributed by atoms with Crippen LogP contribution in [0.2, 0.25) is 0 Å². The van der Waals surface area contributed by atoms with Gasteiger partial charge in [-0.3, -0.25) is 9.20 Å². The number of carbonyl (C=O) groups is 1. The Morgan fingerprint density at radius 1 is 1.11 bits per heavy atom. The Kier molecular flexibility index (Phi) is 2.72. The van der Waals surface area contributed by atoms with Crippen LogP contribution in [0.4, 0.5) is 0 Å². The third-order valence-corrected chi connectivity index (χ3v) is 2.91. The zero-order valence-corrected chi connectivity index (χ0v) is 10.3. The van der Waals surface area contributed by atoms with Crippen LogP contribution in [-0.2, 0) is 0 Å². The van der Waals surface area contributed by atoms with Crippen LogP contribution in [0.25, 0.3) is 17.0 Å². The van der Waals surface area contributed by atoms with E-state index >= 15 is 0 Å². The van der Waals surface area contributed by atoms with E-state index in [1.54, 1.807) is 29.8 Å². The highest BCUT2D eigenvalue weighted by Gasteiger charge is 2.08. The second kappa shape index (κ2) is 4.53. The van der Waals surface area contributed by atoms with Crippen molar-refractivity contribution in [3.63, 3.8) is 0 Å². The summed E-state index contributed by atoms with van der Waals surface area (Å²) in [6.07, 6.45) is 2.53. The lowest BCUT2D eigenvalue weighted by atomic mass is 10.2. The van der Waals surface area contributed by atoms with Crippen molar-refractivity contribution in [2.45, 2.75) is 0 Å². The molecule has 0 saturated heterocycles. The van der Waals surface area contributed by atoms with Gasteiger partial charge in [0.1, 0.15) is 5.75 Å². The fourth-order valence-corrected chi connectivity index (χ4v) is 1.91. The van der Waals surface area contributed by atoms with Gasteiger partial charge in [-0.25, -0.2) is 0 Å². The van der Waals surface area contributed by atoms with Crippen molar-refractivity contribution >= 4 is 11.9 Å². The second-order valence-electron chi connectivity index (χ2n) is 4.06. The number of ether oxygens (including phenoxy) is 1. The topological polar surface area (TPSA) is 56.5 Å². The highest BCUT2D eigenvalue weighted by atomic mass is 16.5. The molecule has 0 aliphatic heterocycles. The Bertz CT molecular complexity index is 732. The Morgan fingerprint density at radius 2 is 1.89 bits per heavy atom. The number of pyridine rings is 1. The maximum atomic E-state index is 10.8. The fourth-order valence-electron chi connectivity index (χ4n) is 1.91. The molecule has 94 valence electrons. The van der Waals surface area contributed by atoms with E-state index in [9.17, 15) is 4.79 Å². The highest BCUT2D eigenvalue weighted by molar-refractivity contribution is 5.75. The molecule has 0 N–H and O–H groups in total. The summed E-state index contributed by atoms with van der Waals surface area (Å²) in [6.45, 7) is 0. The first-order valence-corrected chi connectivity index (χ1v) is 5.76. The van der Waals surface area contributed by atoms with Crippen LogP contribution in [0, 0.1) is 0 Å². The van der Waals surface area contributed by atoms with Crippen molar-refractivity contribution in [2.24, 2.45) is 0 Å². The molecule has 2 aromatic heterocycles. The van der Waals surface area contributed by atoms with E-state index in [2.05, 4.69) is 10.2 Å². The van der Waals surface area contributed by atoms with Gasteiger partial charge in [0.2, 0.25) is 0 Å². The molecule has 0 spiro atoms. The molecular formula is C14H11N3O2. The SMILES string of the molecule is COc1ccc(-c2nnc3ccc(C=O)cn23)cc1. The lowest BCUT2D eigenvalue weighted by Gasteiger charge is -2.02. The fraction of sp³-hybridized carbons (Fsp3) is 0.0714. The van der Waals surface area contributed by atoms with Gasteiger partial charge in [-0.2, -0.15) is 0 Å². The summed E-state index contributed by atoms with van der Waals surface area (Å²) < 4.78 is 6.92. The van der Waals surface area contributed by atoms with E-state index < -0.39 is 0 Å². The van der Waals surface area contributed by atoms with E-state index in [-0.39, 0.29) is 0 Å². The molecule has 0 radical (unpaired) electrons. The third-order valence-electron chi connectivity index (χ3n) is 2.91. The van der Waals surface area contributed by atoms with Crippen LogP contribution in [0.5, 0.6) is 5.75 Å². The minimum absolute atomic E-state index is 0.585. The summed E-state index contributed by atoms with van der Waals surface area (Å²) in [5.41, 5.74) is 2.20. The molecule has 5 heteroatoms. The van der Waals surface area contributed by atoms with Crippen LogP contribution >= 0.6 is 0 Å². The standard InChI is InChI=1S/C14H11N3O2/c1-19-12-5-3-11(4-6-12)14-16-15-13-7-2-10(9-18)8-17(13)14/h2-9H,1H3. The molecule has 0 fully saturated rings. The summed E-state index contributed by atoms with van der Waals surface area (Å²) in [7, 11) is 1.62. The van der Waals surface area contributed by atoms with Crippen molar-refractivity contribution in [1.82, 2.24) is 14.6 Å². The normalized spacial score (nSPS) is 10.6. The first-order valence-electron chi connectivity index (χ1n) is 5.76. The van der Waals surface area contributed by atoms with Gasteiger partial charge >= 0.3 is 0 Å². The number of aldehydes is 1. The van der Waals surface area contributed by atoms with Gasteiger partial charge in [-0.1, -0.05) is 0 Å². The summed E-state index contributed by atoms with van der Waals surface area (Å²) in [5, 5.41) is 8.23. The number of carbonyl (C=O) groups excluding carboxylic acids is 1. The molecule has 19 heavy (non-hydrogen) atoms. The molecule has 0 amide bonds. The minimum atomic E-state index is 0.585. The monoisotopic (exact) mass is 253 g/mol. The van der Waals surface area contributed by atoms with Crippen LogP contribution in [0.3, 0.4) is 0 Å². The number of aromatic nitrogens is 3. The summed E-state index contributed by atoms with van der Waals surface area (Å²) >= 11 is 0. The largest absolute Gasteiger partial charge is 0.497 e. The van der Waals surface area contributed by atoms with Gasteiger partial charge in [0, 0.05) is 17.3 Å². The first kappa shape index (κ1) is 11.4. The molecule has 0 aliphatic carbocycles. The molecule has 0 saturated carbocycles. The number of rotatable bonds is 3. The van der Waals surface area contributed by atoms with Gasteiger partial charge in [-0.15, -0.1) is 10.2 Å². The van der Waals surface area contributed by atoms with E-state index in [0.29, 0.717) is 17.0 Å². The number of methoxy groups -OCH3 is 1. The van der Waals surface area contributed by atoms with Gasteiger partial charge in [0.05, 0.1) is 7.11 Å². The van der Waals surface area contributed by atoms with E-state index in [4.69, 9.17) is 4.74 Å². The lowest BCUT2D eigenvalue weighted by molar-refractivity contribution is 0.112. The van der Waals surface area contributed by atoms with Crippen LogP contribution in [-0.4, -0.2) is 28.0 Å². The molecular weight excluding hydrogens is 242 g/mol. The molecule has 3 rings (SSSR count). The smallest absolute Gasteiger partial charge is 0.168 e. The zero-order chi connectivity index (χ0) is 13.2. The van der Waals surface area contributed by atoms with Crippen molar-refractivity contribution < 1.29 is 9.53 Å². The Morgan fingerprint density at radius 3 is 2.58 bits per heavy atom. The number of hydrogen-bond acceptors (Lipinski definition) is 4. The average Bonchev–Trinajstić information content (AvgIpc) is 2.90. The number of nitrogens with zero attached hydrogens (tertiary/aromatic N) is 3. The number of hydrogen-bond donors (Lipinski definition) is 0. The molecule has 1 aromatic carbocycles. The third kappa shape index (κ3) is 1.95. The van der Waals surface area contributed by atoms with E-state index in [1.807, 2.05) is 24.3 Å². The van der Waals surface area contributed by atoms with Crippen molar-refractivity contribution in [1.29, 1.82) is 0 Å². The van der Waals surface area contributed by atoms with Gasteiger partial charge in [0.25, 0.3) is 0 Å². The lowest BCUT2D eigenvalue weighted by Crippen LogP contribution is -1.92. The molecule has 5 nitrogen and oxygen atoms in total. The summed E-state index contributed by atoms with van der Waals surface area (Å²) in [6, 6.07) is 11.0. The zero-order valence-electron chi connectivity index (χ0n) is 10.3. The minimum Gasteiger partial charge on any atom is -0.497 e. The van der Waals surface area contributed by atoms with Crippen LogP contribution < -0.4 is 4.74 Å². The highest BCUT2D eigenvalue weighted by Crippen LogP contribution is 2.21. The molecule has 2 heterocycles. The average molecular weight is 253 g/mol. The quantitative estimate of drug-likeness (QED) is 0.671. The number of benzene rings is 1. The maximum Gasteiger partial charge on any atom is 0.168 e. The molecule has 0 bridgehead atoms. The van der Waals surface area contributed by atoms with E-state index in [0.717, 1.165) is 17.6 Å². The number of fused-ring (bicyclic) bond motifs is 1. The Balaban J connectivity index is 2.15. The van der Waals surface area contributed by atoms with Crippen molar-refractivity contribution in [3.05, 3.63) is 48.2 Å². The van der Waals surface area contributed by atoms with Gasteiger partial charge in [-0.05, 0) is 36.4 Å². The van der Waals surface area contributed by atoms with Crippen LogP contribution in [0.15, 0.2) is 42.6 Å². The van der Waals surface area contributed by atoms with Gasteiger partial charge < -0.3 is 4.74 Å². The molecule has 0 aliphatic rings. The first-order chi connectivity index (χ1) is 9.31.